The van der Waals surface area contributed by atoms with Gasteiger partial charge in [0, 0.05) is 8.95 Å². The van der Waals surface area contributed by atoms with E-state index in [0.29, 0.717) is 10.0 Å². The maximum absolute atomic E-state index is 12.4. The van der Waals surface area contributed by atoms with Crippen LogP contribution >= 0.6 is 31.9 Å². The van der Waals surface area contributed by atoms with Crippen LogP contribution in [0.1, 0.15) is 15.9 Å². The molecule has 0 saturated carbocycles. The van der Waals surface area contributed by atoms with Gasteiger partial charge in [-0.15, -0.1) is 0 Å². The number of halogens is 4. The minimum Gasteiger partial charge on any atom is -0.478 e. The molecular formula is C14H10Br2F2O3. The first-order valence-electron chi connectivity index (χ1n) is 5.58. The highest BCUT2D eigenvalue weighted by Gasteiger charge is 2.07. The number of hydrogen-bond acceptors (Lipinski definition) is 2. The molecule has 21 heavy (non-hydrogen) atoms. The molecule has 0 aromatic heterocycles. The van der Waals surface area contributed by atoms with Gasteiger partial charge in [0.1, 0.15) is 11.6 Å². The van der Waals surface area contributed by atoms with Crippen molar-refractivity contribution in [3.8, 4) is 0 Å². The number of rotatable bonds is 2. The summed E-state index contributed by atoms with van der Waals surface area (Å²) < 4.78 is 25.6. The van der Waals surface area contributed by atoms with Crippen molar-refractivity contribution < 1.29 is 23.8 Å². The molecular weight excluding hydrogens is 414 g/mol. The second-order valence-corrected chi connectivity index (χ2v) is 5.53. The fraction of sp³-hybridized carbons (Fsp3) is 0.0714. The number of aliphatic hydroxyl groups is 1. The van der Waals surface area contributed by atoms with Gasteiger partial charge in [0.25, 0.3) is 0 Å². The SMILES string of the molecule is O=C(O)c1ccc(F)cc1Br.OCc1ccc(F)cc1Br. The van der Waals surface area contributed by atoms with Crippen LogP contribution in [0.5, 0.6) is 0 Å². The molecule has 2 N–H and O–H groups in total. The van der Waals surface area contributed by atoms with E-state index in [1.165, 1.54) is 18.2 Å². The number of carboxylic acids is 1. The Morgan fingerprint density at radius 2 is 1.52 bits per heavy atom. The molecule has 0 saturated heterocycles. The van der Waals surface area contributed by atoms with Gasteiger partial charge in [0.15, 0.2) is 0 Å². The average Bonchev–Trinajstić information content (AvgIpc) is 2.39. The molecule has 7 heteroatoms. The number of aromatic carboxylic acids is 1. The lowest BCUT2D eigenvalue weighted by atomic mass is 10.2. The Morgan fingerprint density at radius 1 is 1.00 bits per heavy atom. The molecule has 0 radical (unpaired) electrons. The molecule has 0 bridgehead atoms. The van der Waals surface area contributed by atoms with Crippen molar-refractivity contribution in [2.45, 2.75) is 6.61 Å². The van der Waals surface area contributed by atoms with Crippen LogP contribution in [0.4, 0.5) is 8.78 Å². The summed E-state index contributed by atoms with van der Waals surface area (Å²) >= 11 is 6.03. The molecule has 0 heterocycles. The number of carbonyl (C=O) groups is 1. The zero-order valence-corrected chi connectivity index (χ0v) is 13.7. The van der Waals surface area contributed by atoms with Gasteiger partial charge in [0.2, 0.25) is 0 Å². The molecule has 0 fully saturated rings. The first-order valence-corrected chi connectivity index (χ1v) is 7.17. The van der Waals surface area contributed by atoms with E-state index in [0.717, 1.165) is 12.1 Å². The van der Waals surface area contributed by atoms with E-state index in [2.05, 4.69) is 31.9 Å². The number of hydrogen-bond donors (Lipinski definition) is 2. The maximum atomic E-state index is 12.4. The van der Waals surface area contributed by atoms with Crippen molar-refractivity contribution in [2.75, 3.05) is 0 Å². The summed E-state index contributed by atoms with van der Waals surface area (Å²) in [6.07, 6.45) is 0. The average molecular weight is 424 g/mol. The van der Waals surface area contributed by atoms with Crippen LogP contribution in [0.3, 0.4) is 0 Å². The largest absolute Gasteiger partial charge is 0.478 e. The van der Waals surface area contributed by atoms with E-state index in [9.17, 15) is 13.6 Å². The van der Waals surface area contributed by atoms with Gasteiger partial charge in [0.05, 0.1) is 12.2 Å². The summed E-state index contributed by atoms with van der Waals surface area (Å²) in [7, 11) is 0. The molecule has 2 aromatic rings. The molecule has 3 nitrogen and oxygen atoms in total. The Labute approximate surface area is 136 Å². The fourth-order valence-electron chi connectivity index (χ4n) is 1.31. The molecule has 0 aliphatic heterocycles. The van der Waals surface area contributed by atoms with E-state index in [4.69, 9.17) is 10.2 Å². The number of aliphatic hydroxyl groups excluding tert-OH is 1. The van der Waals surface area contributed by atoms with Crippen molar-refractivity contribution in [3.63, 3.8) is 0 Å². The molecule has 112 valence electrons. The summed E-state index contributed by atoms with van der Waals surface area (Å²) in [5.41, 5.74) is 0.757. The van der Waals surface area contributed by atoms with Crippen molar-refractivity contribution >= 4 is 37.8 Å². The van der Waals surface area contributed by atoms with E-state index >= 15 is 0 Å². The van der Waals surface area contributed by atoms with Crippen LogP contribution in [-0.4, -0.2) is 16.2 Å². The summed E-state index contributed by atoms with van der Waals surface area (Å²) in [6, 6.07) is 7.61. The van der Waals surface area contributed by atoms with Crippen LogP contribution in [-0.2, 0) is 6.61 Å². The monoisotopic (exact) mass is 422 g/mol. The van der Waals surface area contributed by atoms with E-state index < -0.39 is 11.8 Å². The highest BCUT2D eigenvalue weighted by atomic mass is 79.9. The lowest BCUT2D eigenvalue weighted by molar-refractivity contribution is 0.0696. The van der Waals surface area contributed by atoms with Crippen LogP contribution in [0, 0.1) is 11.6 Å². The zero-order valence-electron chi connectivity index (χ0n) is 10.5. The standard InChI is InChI=1S/C7H4BrFO2.C7H6BrFO/c8-6-3-4(9)1-2-5(6)7(10)11;8-7-3-6(9)2-1-5(7)4-10/h1-3H,(H,10,11);1-3,10H,4H2. The smallest absolute Gasteiger partial charge is 0.336 e. The van der Waals surface area contributed by atoms with Crippen molar-refractivity contribution in [3.05, 3.63) is 68.1 Å². The van der Waals surface area contributed by atoms with E-state index in [-0.39, 0.29) is 22.5 Å². The van der Waals surface area contributed by atoms with Crippen LogP contribution in [0.15, 0.2) is 45.3 Å². The second kappa shape index (κ2) is 8.21. The van der Waals surface area contributed by atoms with Crippen molar-refractivity contribution in [2.24, 2.45) is 0 Å². The predicted octanol–water partition coefficient (Wildman–Crippen LogP) is 4.37. The van der Waals surface area contributed by atoms with Crippen molar-refractivity contribution in [1.82, 2.24) is 0 Å². The van der Waals surface area contributed by atoms with Crippen LogP contribution in [0.2, 0.25) is 0 Å². The predicted molar refractivity (Wildman–Crippen MR) is 81.1 cm³/mol. The maximum Gasteiger partial charge on any atom is 0.336 e. The second-order valence-electron chi connectivity index (χ2n) is 3.82. The molecule has 0 atom stereocenters. The molecule has 2 rings (SSSR count). The third-order valence-corrected chi connectivity index (χ3v) is 3.74. The fourth-order valence-corrected chi connectivity index (χ4v) is 2.31. The third kappa shape index (κ3) is 5.53. The van der Waals surface area contributed by atoms with Crippen molar-refractivity contribution in [1.29, 1.82) is 0 Å². The van der Waals surface area contributed by atoms with Gasteiger partial charge in [-0.05, 0) is 51.8 Å². The van der Waals surface area contributed by atoms with Gasteiger partial charge < -0.3 is 10.2 Å². The molecule has 0 unspecified atom stereocenters. The first-order chi connectivity index (χ1) is 9.85. The van der Waals surface area contributed by atoms with Gasteiger partial charge in [-0.2, -0.15) is 0 Å². The summed E-state index contributed by atoms with van der Waals surface area (Å²) in [5, 5.41) is 17.2. The van der Waals surface area contributed by atoms with Crippen LogP contribution < -0.4 is 0 Å². The molecule has 2 aromatic carbocycles. The molecule has 0 amide bonds. The Morgan fingerprint density at radius 3 is 1.95 bits per heavy atom. The highest BCUT2D eigenvalue weighted by molar-refractivity contribution is 9.10. The zero-order chi connectivity index (χ0) is 16.0. The van der Waals surface area contributed by atoms with Gasteiger partial charge in [-0.1, -0.05) is 22.0 Å². The quantitative estimate of drug-likeness (QED) is 0.754. The lowest BCUT2D eigenvalue weighted by Crippen LogP contribution is -1.97. The Balaban J connectivity index is 0.000000211. The number of carboxylic acid groups (broad SMARTS) is 1. The first kappa shape index (κ1) is 17.7. The topological polar surface area (TPSA) is 57.5 Å². The molecule has 0 spiro atoms. The molecule has 0 aliphatic rings. The van der Waals surface area contributed by atoms with Gasteiger partial charge in [-0.3, -0.25) is 0 Å². The Bertz CT molecular complexity index is 648. The number of benzene rings is 2. The minimum atomic E-state index is -1.07. The summed E-state index contributed by atoms with van der Waals surface area (Å²) in [4.78, 5) is 10.4. The molecule has 0 aliphatic carbocycles. The van der Waals surface area contributed by atoms with Crippen LogP contribution in [0.25, 0.3) is 0 Å². The van der Waals surface area contributed by atoms with E-state index in [1.54, 1.807) is 6.07 Å². The Kier molecular flexibility index (Phi) is 6.94. The lowest BCUT2D eigenvalue weighted by Gasteiger charge is -1.98. The Hall–Kier alpha value is -1.31. The third-order valence-electron chi connectivity index (χ3n) is 2.35. The normalized spacial score (nSPS) is 9.76. The van der Waals surface area contributed by atoms with E-state index in [1.807, 2.05) is 0 Å². The van der Waals surface area contributed by atoms with Gasteiger partial charge in [-0.25, -0.2) is 13.6 Å². The minimum absolute atomic E-state index is 0.0615. The summed E-state index contributed by atoms with van der Waals surface area (Å²) in [6.45, 7) is -0.0686. The van der Waals surface area contributed by atoms with Gasteiger partial charge >= 0.3 is 5.97 Å². The highest BCUT2D eigenvalue weighted by Crippen LogP contribution is 2.18. The summed E-state index contributed by atoms with van der Waals surface area (Å²) in [5.74, 6) is -1.83.